The number of benzene rings is 3. The summed E-state index contributed by atoms with van der Waals surface area (Å²) in [7, 11) is 0. The predicted molar refractivity (Wildman–Crippen MR) is 107 cm³/mol. The highest BCUT2D eigenvalue weighted by Crippen LogP contribution is 2.26. The number of aromatic hydroxyl groups is 1. The van der Waals surface area contributed by atoms with Crippen LogP contribution >= 0.6 is 0 Å². The molecule has 0 aromatic heterocycles. The predicted octanol–water partition coefficient (Wildman–Crippen LogP) is 4.31. The molecule has 3 N–H and O–H groups in total. The Morgan fingerprint density at radius 2 is 1.27 bits per heavy atom. The lowest BCUT2D eigenvalue weighted by atomic mass is 9.88. The quantitative estimate of drug-likeness (QED) is 0.412. The zero-order chi connectivity index (χ0) is 18.4. The molecule has 0 saturated heterocycles. The van der Waals surface area contributed by atoms with Crippen LogP contribution in [0.1, 0.15) is 29.5 Å². The number of phenols is 1. The minimum atomic E-state index is 0.00812. The number of nitrogens with zero attached hydrogens (tertiary/aromatic N) is 2. The molecule has 0 amide bonds. The lowest BCUT2D eigenvalue weighted by Crippen LogP contribution is -2.14. The van der Waals surface area contributed by atoms with Gasteiger partial charge in [-0.3, -0.25) is 0 Å². The third-order valence-corrected chi connectivity index (χ3v) is 4.16. The molecule has 0 aliphatic rings. The first kappa shape index (κ1) is 17.4. The van der Waals surface area contributed by atoms with Crippen LogP contribution in [0.3, 0.4) is 0 Å². The van der Waals surface area contributed by atoms with Crippen LogP contribution < -0.4 is 5.73 Å². The van der Waals surface area contributed by atoms with E-state index >= 15 is 0 Å². The van der Waals surface area contributed by atoms with Crippen LogP contribution in [0, 0.1) is 0 Å². The van der Waals surface area contributed by atoms with Crippen molar-refractivity contribution in [2.45, 2.75) is 12.8 Å². The highest BCUT2D eigenvalue weighted by atomic mass is 16.3. The molecule has 4 heteroatoms. The molecule has 0 radical (unpaired) electrons. The maximum absolute atomic E-state index is 9.37. The largest absolute Gasteiger partial charge is 0.508 e. The Labute approximate surface area is 153 Å². The van der Waals surface area contributed by atoms with E-state index in [9.17, 15) is 5.11 Å². The third-order valence-electron chi connectivity index (χ3n) is 4.16. The fourth-order valence-electron chi connectivity index (χ4n) is 2.85. The summed E-state index contributed by atoms with van der Waals surface area (Å²) in [5.41, 5.74) is 9.90. The highest BCUT2D eigenvalue weighted by molar-refractivity contribution is 5.98. The second-order valence-corrected chi connectivity index (χ2v) is 6.03. The fraction of sp³-hybridized carbons (Fsp3) is 0.0909. The molecule has 0 bridgehead atoms. The first-order chi connectivity index (χ1) is 12.6. The summed E-state index contributed by atoms with van der Waals surface area (Å²) in [6, 6.07) is 27.0. The number of hydrogen-bond acceptors (Lipinski definition) is 3. The Hall–Kier alpha value is -3.40. The molecule has 0 aliphatic heterocycles. The maximum atomic E-state index is 9.37. The van der Waals surface area contributed by atoms with Crippen LogP contribution in [0.25, 0.3) is 0 Å². The summed E-state index contributed by atoms with van der Waals surface area (Å²) in [5, 5.41) is 18.0. The van der Waals surface area contributed by atoms with Gasteiger partial charge in [0.15, 0.2) is 5.84 Å². The van der Waals surface area contributed by atoms with E-state index in [1.165, 1.54) is 0 Å². The highest BCUT2D eigenvalue weighted by Gasteiger charge is 2.17. The first-order valence-corrected chi connectivity index (χ1v) is 8.42. The van der Waals surface area contributed by atoms with Gasteiger partial charge in [0.05, 0.1) is 0 Å². The molecule has 3 aromatic rings. The van der Waals surface area contributed by atoms with Gasteiger partial charge in [-0.1, -0.05) is 60.7 Å². The molecule has 0 spiro atoms. The molecular formula is C22H21N3O. The summed E-state index contributed by atoms with van der Waals surface area (Å²) in [5.74, 6) is 0.507. The summed E-state index contributed by atoms with van der Waals surface area (Å²) in [4.78, 5) is 0. The summed E-state index contributed by atoms with van der Waals surface area (Å²) < 4.78 is 0. The number of amidine groups is 1. The van der Waals surface area contributed by atoms with Gasteiger partial charge in [-0.05, 0) is 42.3 Å². The van der Waals surface area contributed by atoms with Crippen LogP contribution in [0.5, 0.6) is 5.75 Å². The Bertz CT molecular complexity index is 862. The van der Waals surface area contributed by atoms with Gasteiger partial charge >= 0.3 is 0 Å². The number of nitrogens with two attached hydrogens (primary N) is 1. The molecule has 3 rings (SSSR count). The van der Waals surface area contributed by atoms with Gasteiger partial charge in [0.2, 0.25) is 0 Å². The normalized spacial score (nSPS) is 12.4. The molecule has 26 heavy (non-hydrogen) atoms. The van der Waals surface area contributed by atoms with Crippen molar-refractivity contribution in [3.8, 4) is 5.75 Å². The van der Waals surface area contributed by atoms with Gasteiger partial charge in [-0.25, -0.2) is 0 Å². The van der Waals surface area contributed by atoms with Gasteiger partial charge < -0.3 is 10.8 Å². The van der Waals surface area contributed by atoms with Crippen molar-refractivity contribution in [3.05, 3.63) is 102 Å². The SMILES string of the molecule is CC(=NN=C(N)c1ccc(O)cc1)C(c1ccccc1)c1ccccc1. The van der Waals surface area contributed by atoms with Gasteiger partial charge in [0, 0.05) is 17.2 Å². The van der Waals surface area contributed by atoms with Crippen LogP contribution in [-0.4, -0.2) is 16.7 Å². The molecule has 0 saturated carbocycles. The van der Waals surface area contributed by atoms with Crippen LogP contribution in [0.2, 0.25) is 0 Å². The molecule has 3 aromatic carbocycles. The smallest absolute Gasteiger partial charge is 0.153 e. The van der Waals surface area contributed by atoms with Crippen LogP contribution in [0.4, 0.5) is 0 Å². The topological polar surface area (TPSA) is 71.0 Å². The van der Waals surface area contributed by atoms with Crippen LogP contribution in [-0.2, 0) is 0 Å². The maximum Gasteiger partial charge on any atom is 0.153 e. The van der Waals surface area contributed by atoms with Crippen molar-refractivity contribution in [1.82, 2.24) is 0 Å². The number of rotatable bonds is 5. The van der Waals surface area contributed by atoms with Crippen molar-refractivity contribution in [2.24, 2.45) is 15.9 Å². The van der Waals surface area contributed by atoms with E-state index < -0.39 is 0 Å². The molecule has 0 unspecified atom stereocenters. The molecule has 130 valence electrons. The Kier molecular flexibility index (Phi) is 5.44. The summed E-state index contributed by atoms with van der Waals surface area (Å²) in [6.07, 6.45) is 0. The third kappa shape index (κ3) is 4.16. The molecule has 4 nitrogen and oxygen atoms in total. The van der Waals surface area contributed by atoms with Gasteiger partial charge in [-0.15, -0.1) is 5.10 Å². The Balaban J connectivity index is 1.94. The van der Waals surface area contributed by atoms with E-state index in [4.69, 9.17) is 5.73 Å². The van der Waals surface area contributed by atoms with Gasteiger partial charge in [0.1, 0.15) is 5.75 Å². The summed E-state index contributed by atoms with van der Waals surface area (Å²) in [6.45, 7) is 1.96. The molecular weight excluding hydrogens is 322 g/mol. The molecule has 0 fully saturated rings. The van der Waals surface area contributed by atoms with Crippen molar-refractivity contribution in [2.75, 3.05) is 0 Å². The van der Waals surface area contributed by atoms with Crippen molar-refractivity contribution in [3.63, 3.8) is 0 Å². The van der Waals surface area contributed by atoms with E-state index in [0.717, 1.165) is 22.4 Å². The Morgan fingerprint density at radius 1 is 0.769 bits per heavy atom. The summed E-state index contributed by atoms with van der Waals surface area (Å²) >= 11 is 0. The van der Waals surface area contributed by atoms with Gasteiger partial charge in [-0.2, -0.15) is 5.10 Å². The zero-order valence-corrected chi connectivity index (χ0v) is 14.6. The zero-order valence-electron chi connectivity index (χ0n) is 14.6. The first-order valence-electron chi connectivity index (χ1n) is 8.42. The van der Waals surface area contributed by atoms with Gasteiger partial charge in [0.25, 0.3) is 0 Å². The average molecular weight is 343 g/mol. The Morgan fingerprint density at radius 3 is 1.77 bits per heavy atom. The van der Waals surface area contributed by atoms with Crippen LogP contribution in [0.15, 0.2) is 95.1 Å². The standard InChI is InChI=1S/C22H21N3O/c1-16(24-25-22(23)19-12-14-20(26)15-13-19)21(17-8-4-2-5-9-17)18-10-6-3-7-11-18/h2-15,21,26H,1H3,(H2,23,25). The minimum Gasteiger partial charge on any atom is -0.508 e. The fourth-order valence-corrected chi connectivity index (χ4v) is 2.85. The number of hydrogen-bond donors (Lipinski definition) is 2. The van der Waals surface area contributed by atoms with E-state index in [0.29, 0.717) is 5.84 Å². The lowest BCUT2D eigenvalue weighted by Gasteiger charge is -2.17. The van der Waals surface area contributed by atoms with E-state index in [2.05, 4.69) is 34.5 Å². The van der Waals surface area contributed by atoms with E-state index in [-0.39, 0.29) is 11.7 Å². The average Bonchev–Trinajstić information content (AvgIpc) is 2.68. The van der Waals surface area contributed by atoms with E-state index in [1.807, 2.05) is 43.3 Å². The molecule has 0 atom stereocenters. The van der Waals surface area contributed by atoms with Crippen molar-refractivity contribution >= 4 is 11.5 Å². The second-order valence-electron chi connectivity index (χ2n) is 6.03. The number of phenolic OH excluding ortho intramolecular Hbond substituents is 1. The van der Waals surface area contributed by atoms with Crippen molar-refractivity contribution in [1.29, 1.82) is 0 Å². The minimum absolute atomic E-state index is 0.00812. The lowest BCUT2D eigenvalue weighted by molar-refractivity contribution is 0.475. The van der Waals surface area contributed by atoms with Crippen molar-refractivity contribution < 1.29 is 5.11 Å². The van der Waals surface area contributed by atoms with E-state index in [1.54, 1.807) is 24.3 Å². The molecule has 0 heterocycles. The monoisotopic (exact) mass is 343 g/mol. The molecule has 0 aliphatic carbocycles. The second kappa shape index (κ2) is 8.12.